The molecule has 1 aliphatic heterocycles. The first-order valence-corrected chi connectivity index (χ1v) is 8.26. The number of rotatable bonds is 3. The van der Waals surface area contributed by atoms with E-state index >= 15 is 0 Å². The van der Waals surface area contributed by atoms with Crippen molar-refractivity contribution >= 4 is 11.6 Å². The Balaban J connectivity index is 1.68. The predicted molar refractivity (Wildman–Crippen MR) is 93.2 cm³/mol. The third kappa shape index (κ3) is 3.53. The fourth-order valence-corrected chi connectivity index (χ4v) is 3.09. The van der Waals surface area contributed by atoms with Gasteiger partial charge in [-0.05, 0) is 31.9 Å². The molecule has 6 heteroatoms. The van der Waals surface area contributed by atoms with E-state index in [0.717, 1.165) is 37.3 Å². The number of hydrogen-bond donors (Lipinski definition) is 0. The van der Waals surface area contributed by atoms with Crippen molar-refractivity contribution in [3.63, 3.8) is 0 Å². The van der Waals surface area contributed by atoms with Crippen molar-refractivity contribution < 1.29 is 4.79 Å². The molecule has 0 bridgehead atoms. The van der Waals surface area contributed by atoms with Crippen LogP contribution < -0.4 is 4.90 Å². The summed E-state index contributed by atoms with van der Waals surface area (Å²) in [7, 11) is 4.08. The molecule has 6 nitrogen and oxygen atoms in total. The highest BCUT2D eigenvalue weighted by molar-refractivity contribution is 5.92. The lowest BCUT2D eigenvalue weighted by molar-refractivity contribution is 0.0705. The molecule has 0 aromatic carbocycles. The van der Waals surface area contributed by atoms with E-state index in [1.54, 1.807) is 12.4 Å². The van der Waals surface area contributed by atoms with Gasteiger partial charge in [0.1, 0.15) is 5.69 Å². The smallest absolute Gasteiger partial charge is 0.274 e. The third-order valence-electron chi connectivity index (χ3n) is 4.46. The summed E-state index contributed by atoms with van der Waals surface area (Å²) in [4.78, 5) is 29.2. The molecule has 1 amide bonds. The second-order valence-electron chi connectivity index (χ2n) is 6.44. The predicted octanol–water partition coefficient (Wildman–Crippen LogP) is 2.27. The van der Waals surface area contributed by atoms with Gasteiger partial charge in [-0.1, -0.05) is 0 Å². The summed E-state index contributed by atoms with van der Waals surface area (Å²) in [5.41, 5.74) is 3.76. The largest absolute Gasteiger partial charge is 0.378 e. The number of aromatic nitrogens is 3. The van der Waals surface area contributed by atoms with Crippen LogP contribution in [-0.4, -0.2) is 52.9 Å². The molecule has 24 heavy (non-hydrogen) atoms. The molecule has 0 radical (unpaired) electrons. The van der Waals surface area contributed by atoms with Crippen molar-refractivity contribution in [1.29, 1.82) is 0 Å². The molecule has 0 spiro atoms. The molecule has 3 heterocycles. The topological polar surface area (TPSA) is 62.2 Å². The number of likely N-dealkylation sites (tertiary alicyclic amines) is 1. The molecule has 1 fully saturated rings. The minimum Gasteiger partial charge on any atom is -0.378 e. The fraction of sp³-hybridized carbons (Fsp3) is 0.444. The van der Waals surface area contributed by atoms with E-state index in [1.807, 2.05) is 25.9 Å². The van der Waals surface area contributed by atoms with E-state index in [1.165, 1.54) is 11.9 Å². The van der Waals surface area contributed by atoms with Crippen LogP contribution in [0, 0.1) is 6.92 Å². The highest BCUT2D eigenvalue weighted by Crippen LogP contribution is 2.29. The van der Waals surface area contributed by atoms with Gasteiger partial charge in [0.25, 0.3) is 5.91 Å². The summed E-state index contributed by atoms with van der Waals surface area (Å²) in [6.45, 7) is 3.49. The molecule has 2 aromatic rings. The van der Waals surface area contributed by atoms with Crippen molar-refractivity contribution in [1.82, 2.24) is 19.9 Å². The van der Waals surface area contributed by atoms with Gasteiger partial charge in [-0.15, -0.1) is 0 Å². The van der Waals surface area contributed by atoms with Crippen LogP contribution >= 0.6 is 0 Å². The molecule has 0 atom stereocenters. The van der Waals surface area contributed by atoms with Gasteiger partial charge in [0.2, 0.25) is 0 Å². The molecule has 1 aliphatic rings. The molecule has 0 saturated carbocycles. The van der Waals surface area contributed by atoms with Crippen molar-refractivity contribution in [2.45, 2.75) is 25.7 Å². The lowest BCUT2D eigenvalue weighted by Crippen LogP contribution is -2.38. The Bertz CT molecular complexity index is 709. The number of nitrogens with zero attached hydrogens (tertiary/aromatic N) is 5. The molecule has 2 aromatic heterocycles. The summed E-state index contributed by atoms with van der Waals surface area (Å²) < 4.78 is 0. The lowest BCUT2D eigenvalue weighted by atomic mass is 9.92. The zero-order valence-corrected chi connectivity index (χ0v) is 14.4. The van der Waals surface area contributed by atoms with Gasteiger partial charge in [0.15, 0.2) is 0 Å². The van der Waals surface area contributed by atoms with E-state index < -0.39 is 0 Å². The maximum atomic E-state index is 12.4. The van der Waals surface area contributed by atoms with Crippen molar-refractivity contribution in [3.8, 4) is 0 Å². The molecule has 3 rings (SSSR count). The second-order valence-corrected chi connectivity index (χ2v) is 6.44. The Kier molecular flexibility index (Phi) is 4.74. The summed E-state index contributed by atoms with van der Waals surface area (Å²) in [5, 5.41) is 0. The summed E-state index contributed by atoms with van der Waals surface area (Å²) in [6.07, 6.45) is 6.51. The highest BCUT2D eigenvalue weighted by Gasteiger charge is 2.26. The van der Waals surface area contributed by atoms with Gasteiger partial charge in [-0.2, -0.15) is 0 Å². The van der Waals surface area contributed by atoms with E-state index in [4.69, 9.17) is 4.98 Å². The highest BCUT2D eigenvalue weighted by atomic mass is 16.2. The number of amides is 1. The number of piperidine rings is 1. The summed E-state index contributed by atoms with van der Waals surface area (Å²) in [6, 6.07) is 4.26. The van der Waals surface area contributed by atoms with Gasteiger partial charge in [0.05, 0.1) is 6.20 Å². The first-order chi connectivity index (χ1) is 11.5. The normalized spacial score (nSPS) is 15.4. The minimum absolute atomic E-state index is 0.0345. The Morgan fingerprint density at radius 2 is 1.96 bits per heavy atom. The van der Waals surface area contributed by atoms with Crippen LogP contribution in [0.15, 0.2) is 30.7 Å². The van der Waals surface area contributed by atoms with Crippen LogP contribution in [0.25, 0.3) is 0 Å². The number of hydrogen-bond acceptors (Lipinski definition) is 5. The number of aryl methyl sites for hydroxylation is 1. The van der Waals surface area contributed by atoms with Gasteiger partial charge in [-0.3, -0.25) is 14.8 Å². The van der Waals surface area contributed by atoms with E-state index in [0.29, 0.717) is 11.6 Å². The summed E-state index contributed by atoms with van der Waals surface area (Å²) in [5.74, 6) is 0.363. The van der Waals surface area contributed by atoms with E-state index in [2.05, 4.69) is 27.0 Å². The molecule has 0 N–H and O–H groups in total. The number of pyridine rings is 1. The fourth-order valence-electron chi connectivity index (χ4n) is 3.09. The molecular weight excluding hydrogens is 302 g/mol. The van der Waals surface area contributed by atoms with Crippen molar-refractivity contribution in [2.75, 3.05) is 32.1 Å². The minimum atomic E-state index is -0.0345. The van der Waals surface area contributed by atoms with E-state index in [-0.39, 0.29) is 5.91 Å². The molecule has 126 valence electrons. The lowest BCUT2D eigenvalue weighted by Gasteiger charge is -2.32. The van der Waals surface area contributed by atoms with Gasteiger partial charge >= 0.3 is 0 Å². The average molecular weight is 325 g/mol. The van der Waals surface area contributed by atoms with Gasteiger partial charge in [0, 0.05) is 62.6 Å². The quantitative estimate of drug-likeness (QED) is 0.866. The Morgan fingerprint density at radius 1 is 1.21 bits per heavy atom. The molecule has 1 saturated heterocycles. The SMILES string of the molecule is Cc1cc(N(C)C)cc(C2CCN(C(=O)c3cnccn3)CC2)n1. The maximum absolute atomic E-state index is 12.4. The first kappa shape index (κ1) is 16.4. The van der Waals surface area contributed by atoms with Crippen molar-refractivity contribution in [2.24, 2.45) is 0 Å². The van der Waals surface area contributed by atoms with Crippen LogP contribution in [0.4, 0.5) is 5.69 Å². The number of carbonyl (C=O) groups excluding carboxylic acids is 1. The van der Waals surface area contributed by atoms with Gasteiger partial charge in [-0.25, -0.2) is 4.98 Å². The number of carbonyl (C=O) groups is 1. The average Bonchev–Trinajstić information content (AvgIpc) is 2.61. The third-order valence-corrected chi connectivity index (χ3v) is 4.46. The van der Waals surface area contributed by atoms with Crippen LogP contribution in [0.2, 0.25) is 0 Å². The standard InChI is InChI=1S/C18H23N5O/c1-13-10-15(22(2)3)11-16(21-13)14-4-8-23(9-5-14)18(24)17-12-19-6-7-20-17/h6-7,10-12,14H,4-5,8-9H2,1-3H3. The van der Waals surface area contributed by atoms with Crippen molar-refractivity contribution in [3.05, 3.63) is 47.8 Å². The Hall–Kier alpha value is -2.50. The van der Waals surface area contributed by atoms with Crippen LogP contribution in [0.1, 0.15) is 40.6 Å². The van der Waals surface area contributed by atoms with E-state index in [9.17, 15) is 4.79 Å². The van der Waals surface area contributed by atoms with Crippen LogP contribution in [-0.2, 0) is 0 Å². The second kappa shape index (κ2) is 6.95. The zero-order chi connectivity index (χ0) is 17.1. The van der Waals surface area contributed by atoms with Crippen LogP contribution in [0.3, 0.4) is 0 Å². The Morgan fingerprint density at radius 3 is 2.58 bits per heavy atom. The van der Waals surface area contributed by atoms with Crippen LogP contribution in [0.5, 0.6) is 0 Å². The molecule has 0 unspecified atom stereocenters. The molecule has 0 aliphatic carbocycles. The molecular formula is C18H23N5O. The monoisotopic (exact) mass is 325 g/mol. The maximum Gasteiger partial charge on any atom is 0.274 e. The summed E-state index contributed by atoms with van der Waals surface area (Å²) >= 11 is 0. The zero-order valence-electron chi connectivity index (χ0n) is 14.4. The van der Waals surface area contributed by atoms with Gasteiger partial charge < -0.3 is 9.80 Å². The number of anilines is 1. The first-order valence-electron chi connectivity index (χ1n) is 8.26. The Labute approximate surface area is 142 Å².